The third-order valence-electron chi connectivity index (χ3n) is 3.50. The van der Waals surface area contributed by atoms with Crippen LogP contribution in [0.5, 0.6) is 0 Å². The van der Waals surface area contributed by atoms with Gasteiger partial charge in [0.1, 0.15) is 0 Å². The second-order valence-corrected chi connectivity index (χ2v) is 4.56. The van der Waals surface area contributed by atoms with E-state index >= 15 is 0 Å². The van der Waals surface area contributed by atoms with Gasteiger partial charge in [0.25, 0.3) is 0 Å². The Bertz CT molecular complexity index is 189. The molecule has 0 amide bonds. The molecular weight excluding hydrogens is 180 g/mol. The van der Waals surface area contributed by atoms with Crippen LogP contribution in [0.4, 0.5) is 0 Å². The Morgan fingerprint density at radius 2 is 2.07 bits per heavy atom. The van der Waals surface area contributed by atoms with E-state index in [4.69, 9.17) is 14.6 Å². The first-order valence-corrected chi connectivity index (χ1v) is 5.67. The average molecular weight is 200 g/mol. The zero-order valence-corrected chi connectivity index (χ0v) is 8.87. The Hall–Kier alpha value is -0.120. The predicted octanol–water partition coefficient (Wildman–Crippen LogP) is 1.69. The zero-order chi connectivity index (χ0) is 10.0. The second-order valence-electron chi connectivity index (χ2n) is 4.56. The van der Waals surface area contributed by atoms with Crippen LogP contribution in [0.15, 0.2) is 0 Å². The van der Waals surface area contributed by atoms with Crippen molar-refractivity contribution in [2.24, 2.45) is 5.92 Å². The average Bonchev–Trinajstić information content (AvgIpc) is 2.75. The van der Waals surface area contributed by atoms with Gasteiger partial charge in [0, 0.05) is 12.5 Å². The van der Waals surface area contributed by atoms with Crippen LogP contribution in [0.1, 0.15) is 39.0 Å². The van der Waals surface area contributed by atoms with Crippen molar-refractivity contribution < 1.29 is 14.6 Å². The van der Waals surface area contributed by atoms with Gasteiger partial charge in [-0.3, -0.25) is 0 Å². The van der Waals surface area contributed by atoms with Gasteiger partial charge in [0.2, 0.25) is 0 Å². The highest BCUT2D eigenvalue weighted by molar-refractivity contribution is 4.85. The molecule has 0 aromatic heterocycles. The van der Waals surface area contributed by atoms with Gasteiger partial charge < -0.3 is 14.6 Å². The Morgan fingerprint density at radius 1 is 1.36 bits per heavy atom. The summed E-state index contributed by atoms with van der Waals surface area (Å²) in [5.74, 6) is 0.197. The number of rotatable bonds is 3. The van der Waals surface area contributed by atoms with E-state index in [0.29, 0.717) is 18.9 Å². The Labute approximate surface area is 85.4 Å². The normalized spacial score (nSPS) is 39.4. The van der Waals surface area contributed by atoms with Gasteiger partial charge in [-0.05, 0) is 26.2 Å². The minimum Gasteiger partial charge on any atom is -0.396 e. The van der Waals surface area contributed by atoms with Crippen molar-refractivity contribution in [2.75, 3.05) is 13.2 Å². The molecule has 0 spiro atoms. The molecule has 1 saturated carbocycles. The molecule has 1 heterocycles. The largest absolute Gasteiger partial charge is 0.396 e. The first-order valence-electron chi connectivity index (χ1n) is 5.67. The summed E-state index contributed by atoms with van der Waals surface area (Å²) in [6.45, 7) is 2.89. The molecule has 2 fully saturated rings. The first-order chi connectivity index (χ1) is 6.74. The summed E-state index contributed by atoms with van der Waals surface area (Å²) in [5.41, 5.74) is 0. The van der Waals surface area contributed by atoms with Crippen LogP contribution in [0.3, 0.4) is 0 Å². The highest BCUT2D eigenvalue weighted by Gasteiger charge is 2.44. The van der Waals surface area contributed by atoms with Gasteiger partial charge in [-0.2, -0.15) is 0 Å². The van der Waals surface area contributed by atoms with Crippen molar-refractivity contribution in [1.29, 1.82) is 0 Å². The van der Waals surface area contributed by atoms with E-state index in [1.165, 1.54) is 25.7 Å². The van der Waals surface area contributed by atoms with E-state index in [9.17, 15) is 0 Å². The second kappa shape index (κ2) is 4.17. The molecule has 0 bridgehead atoms. The monoisotopic (exact) mass is 200 g/mol. The molecule has 2 rings (SSSR count). The Balaban J connectivity index is 1.90. The maximum atomic E-state index is 8.83. The van der Waals surface area contributed by atoms with Gasteiger partial charge in [-0.25, -0.2) is 0 Å². The standard InChI is InChI=1S/C11H20O3/c1-11(9-4-2-3-5-9)13-8-10(14-11)6-7-12/h9-10,12H,2-8H2,1H3. The van der Waals surface area contributed by atoms with Crippen LogP contribution in [-0.2, 0) is 9.47 Å². The lowest BCUT2D eigenvalue weighted by Crippen LogP contribution is -2.35. The predicted molar refractivity (Wildman–Crippen MR) is 52.9 cm³/mol. The quantitative estimate of drug-likeness (QED) is 0.753. The molecule has 2 atom stereocenters. The van der Waals surface area contributed by atoms with Crippen LogP contribution >= 0.6 is 0 Å². The topological polar surface area (TPSA) is 38.7 Å². The number of hydrogen-bond donors (Lipinski definition) is 1. The maximum absolute atomic E-state index is 8.83. The van der Waals surface area contributed by atoms with Crippen molar-refractivity contribution >= 4 is 0 Å². The maximum Gasteiger partial charge on any atom is 0.168 e. The molecule has 82 valence electrons. The van der Waals surface area contributed by atoms with E-state index in [-0.39, 0.29) is 18.5 Å². The number of ether oxygens (including phenoxy) is 2. The molecule has 0 aromatic rings. The van der Waals surface area contributed by atoms with Gasteiger partial charge in [0.05, 0.1) is 12.7 Å². The van der Waals surface area contributed by atoms with Crippen molar-refractivity contribution in [3.63, 3.8) is 0 Å². The molecule has 1 saturated heterocycles. The number of aliphatic hydroxyl groups is 1. The lowest BCUT2D eigenvalue weighted by atomic mass is 9.98. The molecular formula is C11H20O3. The lowest BCUT2D eigenvalue weighted by Gasteiger charge is -2.29. The van der Waals surface area contributed by atoms with Crippen LogP contribution in [0, 0.1) is 5.92 Å². The highest BCUT2D eigenvalue weighted by atomic mass is 16.7. The van der Waals surface area contributed by atoms with E-state index in [2.05, 4.69) is 6.92 Å². The zero-order valence-electron chi connectivity index (χ0n) is 8.87. The SMILES string of the molecule is CC1(C2CCCC2)OCC(CCO)O1. The van der Waals surface area contributed by atoms with Gasteiger partial charge >= 0.3 is 0 Å². The van der Waals surface area contributed by atoms with Crippen LogP contribution in [-0.4, -0.2) is 30.2 Å². The molecule has 2 unspecified atom stereocenters. The lowest BCUT2D eigenvalue weighted by molar-refractivity contribution is -0.190. The summed E-state index contributed by atoms with van der Waals surface area (Å²) in [4.78, 5) is 0. The smallest absolute Gasteiger partial charge is 0.168 e. The van der Waals surface area contributed by atoms with Gasteiger partial charge in [0.15, 0.2) is 5.79 Å². The molecule has 3 heteroatoms. The fraction of sp³-hybridized carbons (Fsp3) is 1.00. The van der Waals surface area contributed by atoms with Crippen LogP contribution in [0.2, 0.25) is 0 Å². The van der Waals surface area contributed by atoms with E-state index in [0.717, 1.165) is 0 Å². The van der Waals surface area contributed by atoms with E-state index in [1.807, 2.05) is 0 Å². The van der Waals surface area contributed by atoms with Gasteiger partial charge in [-0.1, -0.05) is 12.8 Å². The molecule has 0 aromatic carbocycles. The van der Waals surface area contributed by atoms with Crippen LogP contribution < -0.4 is 0 Å². The molecule has 3 nitrogen and oxygen atoms in total. The molecule has 1 aliphatic carbocycles. The third kappa shape index (κ3) is 1.95. The van der Waals surface area contributed by atoms with Crippen molar-refractivity contribution in [3.05, 3.63) is 0 Å². The van der Waals surface area contributed by atoms with Gasteiger partial charge in [-0.15, -0.1) is 0 Å². The van der Waals surface area contributed by atoms with Crippen molar-refractivity contribution in [3.8, 4) is 0 Å². The summed E-state index contributed by atoms with van der Waals surface area (Å²) < 4.78 is 11.6. The molecule has 1 N–H and O–H groups in total. The molecule has 0 radical (unpaired) electrons. The van der Waals surface area contributed by atoms with E-state index in [1.54, 1.807) is 0 Å². The summed E-state index contributed by atoms with van der Waals surface area (Å²) >= 11 is 0. The molecule has 14 heavy (non-hydrogen) atoms. The minimum absolute atomic E-state index is 0.102. The fourth-order valence-electron chi connectivity index (χ4n) is 2.61. The van der Waals surface area contributed by atoms with Crippen molar-refractivity contribution in [1.82, 2.24) is 0 Å². The number of hydrogen-bond acceptors (Lipinski definition) is 3. The first kappa shape index (κ1) is 10.4. The Kier molecular flexibility index (Phi) is 3.10. The van der Waals surface area contributed by atoms with Crippen LogP contribution in [0.25, 0.3) is 0 Å². The van der Waals surface area contributed by atoms with Crippen molar-refractivity contribution in [2.45, 2.75) is 50.9 Å². The minimum atomic E-state index is -0.365. The Morgan fingerprint density at radius 3 is 2.71 bits per heavy atom. The summed E-state index contributed by atoms with van der Waals surface area (Å²) in [5, 5.41) is 8.83. The summed E-state index contributed by atoms with van der Waals surface area (Å²) in [6.07, 6.45) is 5.85. The summed E-state index contributed by atoms with van der Waals surface area (Å²) in [6, 6.07) is 0. The molecule has 1 aliphatic heterocycles. The summed E-state index contributed by atoms with van der Waals surface area (Å²) in [7, 11) is 0. The van der Waals surface area contributed by atoms with E-state index < -0.39 is 0 Å². The number of aliphatic hydroxyl groups excluding tert-OH is 1. The fourth-order valence-corrected chi connectivity index (χ4v) is 2.61. The molecule has 2 aliphatic rings. The third-order valence-corrected chi connectivity index (χ3v) is 3.50. The highest BCUT2D eigenvalue weighted by Crippen LogP contribution is 2.40.